The van der Waals surface area contributed by atoms with Crippen LogP contribution >= 0.6 is 0 Å². The number of piperazine rings is 1. The summed E-state index contributed by atoms with van der Waals surface area (Å²) in [5.74, 6) is 2.69. The van der Waals surface area contributed by atoms with Crippen molar-refractivity contribution in [3.05, 3.63) is 60.8 Å². The lowest BCUT2D eigenvalue weighted by molar-refractivity contribution is 0.641. The summed E-state index contributed by atoms with van der Waals surface area (Å²) < 4.78 is 0. The van der Waals surface area contributed by atoms with Crippen LogP contribution in [0.2, 0.25) is 0 Å². The molecule has 1 aliphatic rings. The molecule has 28 heavy (non-hydrogen) atoms. The van der Waals surface area contributed by atoms with E-state index >= 15 is 0 Å². The van der Waals surface area contributed by atoms with E-state index in [4.69, 9.17) is 9.97 Å². The zero-order chi connectivity index (χ0) is 19.3. The highest BCUT2D eigenvalue weighted by molar-refractivity contribution is 5.65. The van der Waals surface area contributed by atoms with Crippen LogP contribution in [0.4, 0.5) is 17.6 Å². The van der Waals surface area contributed by atoms with Gasteiger partial charge in [-0.2, -0.15) is 4.98 Å². The van der Waals surface area contributed by atoms with Gasteiger partial charge in [-0.05, 0) is 26.0 Å². The minimum atomic E-state index is 0.278. The van der Waals surface area contributed by atoms with Gasteiger partial charge in [-0.25, -0.2) is 9.97 Å². The second-order valence-electron chi connectivity index (χ2n) is 7.26. The molecule has 0 amide bonds. The standard InChI is InChI=1S/C22H26N6/c1-17(2)24-22-25-19(18-8-4-3-5-9-18)16-21(26-22)28-14-12-27(13-15-28)20-10-6-7-11-23-20/h3-11,16-17H,12-15H2,1-2H3,(H,24,25,26). The molecule has 0 saturated carbocycles. The fourth-order valence-corrected chi connectivity index (χ4v) is 3.38. The average Bonchev–Trinajstić information content (AvgIpc) is 2.74. The number of nitrogens with one attached hydrogen (secondary N) is 1. The molecule has 0 radical (unpaired) electrons. The van der Waals surface area contributed by atoms with Crippen LogP contribution < -0.4 is 15.1 Å². The lowest BCUT2D eigenvalue weighted by atomic mass is 10.1. The molecule has 3 aromatic rings. The summed E-state index contributed by atoms with van der Waals surface area (Å²) in [4.78, 5) is 18.6. The number of hydrogen-bond acceptors (Lipinski definition) is 6. The van der Waals surface area contributed by atoms with Gasteiger partial charge in [0.2, 0.25) is 5.95 Å². The molecule has 6 heteroatoms. The molecule has 0 bridgehead atoms. The molecule has 2 aromatic heterocycles. The van der Waals surface area contributed by atoms with Crippen molar-refractivity contribution >= 4 is 17.6 Å². The Labute approximate surface area is 166 Å². The van der Waals surface area contributed by atoms with Crippen molar-refractivity contribution in [3.63, 3.8) is 0 Å². The molecular weight excluding hydrogens is 348 g/mol. The summed E-state index contributed by atoms with van der Waals surface area (Å²) in [5, 5.41) is 3.36. The maximum absolute atomic E-state index is 4.79. The fraction of sp³-hybridized carbons (Fsp3) is 0.318. The smallest absolute Gasteiger partial charge is 0.225 e. The molecule has 4 rings (SSSR count). The molecule has 0 spiro atoms. The van der Waals surface area contributed by atoms with Gasteiger partial charge in [0.25, 0.3) is 0 Å². The van der Waals surface area contributed by atoms with Crippen LogP contribution in [0.1, 0.15) is 13.8 Å². The number of rotatable bonds is 5. The summed E-state index contributed by atoms with van der Waals surface area (Å²) in [6, 6.07) is 18.7. The van der Waals surface area contributed by atoms with Gasteiger partial charge in [0.1, 0.15) is 11.6 Å². The van der Waals surface area contributed by atoms with Crippen molar-refractivity contribution in [1.82, 2.24) is 15.0 Å². The first-order valence-electron chi connectivity index (χ1n) is 9.81. The van der Waals surface area contributed by atoms with Crippen molar-refractivity contribution in [2.75, 3.05) is 41.3 Å². The van der Waals surface area contributed by atoms with Gasteiger partial charge in [-0.15, -0.1) is 0 Å². The van der Waals surface area contributed by atoms with Crippen molar-refractivity contribution in [2.24, 2.45) is 0 Å². The van der Waals surface area contributed by atoms with E-state index in [1.807, 2.05) is 36.5 Å². The molecule has 0 unspecified atom stereocenters. The largest absolute Gasteiger partial charge is 0.353 e. The zero-order valence-electron chi connectivity index (χ0n) is 16.4. The number of aromatic nitrogens is 3. The van der Waals surface area contributed by atoms with Gasteiger partial charge < -0.3 is 15.1 Å². The van der Waals surface area contributed by atoms with Crippen molar-refractivity contribution < 1.29 is 0 Å². The van der Waals surface area contributed by atoms with Crippen molar-refractivity contribution in [1.29, 1.82) is 0 Å². The van der Waals surface area contributed by atoms with Crippen LogP contribution in [0.5, 0.6) is 0 Å². The highest BCUT2D eigenvalue weighted by atomic mass is 15.3. The van der Waals surface area contributed by atoms with E-state index in [1.165, 1.54) is 0 Å². The summed E-state index contributed by atoms with van der Waals surface area (Å²) in [6.07, 6.45) is 1.85. The Kier molecular flexibility index (Phi) is 5.37. The van der Waals surface area contributed by atoms with Crippen LogP contribution in [0.3, 0.4) is 0 Å². The van der Waals surface area contributed by atoms with Gasteiger partial charge in [0, 0.05) is 50.0 Å². The first-order chi connectivity index (χ1) is 13.7. The lowest BCUT2D eigenvalue weighted by Crippen LogP contribution is -2.47. The Morgan fingerprint density at radius 3 is 2.14 bits per heavy atom. The Bertz CT molecular complexity index is 889. The van der Waals surface area contributed by atoms with Crippen LogP contribution in [0.25, 0.3) is 11.3 Å². The quantitative estimate of drug-likeness (QED) is 0.735. The predicted octanol–water partition coefficient (Wildman–Crippen LogP) is 3.69. The molecular formula is C22H26N6. The van der Waals surface area contributed by atoms with Crippen LogP contribution in [-0.2, 0) is 0 Å². The Hall–Kier alpha value is -3.15. The number of hydrogen-bond donors (Lipinski definition) is 1. The van der Waals surface area contributed by atoms with E-state index < -0.39 is 0 Å². The first-order valence-corrected chi connectivity index (χ1v) is 9.81. The molecule has 1 saturated heterocycles. The van der Waals surface area contributed by atoms with Crippen molar-refractivity contribution in [3.8, 4) is 11.3 Å². The topological polar surface area (TPSA) is 57.2 Å². The third-order valence-corrected chi connectivity index (χ3v) is 4.78. The van der Waals surface area contributed by atoms with E-state index in [-0.39, 0.29) is 6.04 Å². The minimum absolute atomic E-state index is 0.278. The highest BCUT2D eigenvalue weighted by Gasteiger charge is 2.20. The van der Waals surface area contributed by atoms with Gasteiger partial charge in [-0.3, -0.25) is 0 Å². The normalized spacial score (nSPS) is 14.4. The number of anilines is 3. The Morgan fingerprint density at radius 1 is 0.821 bits per heavy atom. The molecule has 1 aliphatic heterocycles. The monoisotopic (exact) mass is 374 g/mol. The second kappa shape index (κ2) is 8.25. The van der Waals surface area contributed by atoms with Crippen LogP contribution in [0, 0.1) is 0 Å². The van der Waals surface area contributed by atoms with Crippen LogP contribution in [-0.4, -0.2) is 47.2 Å². The summed E-state index contributed by atoms with van der Waals surface area (Å²) in [5.41, 5.74) is 2.05. The van der Waals surface area contributed by atoms with Gasteiger partial charge in [0.15, 0.2) is 0 Å². The van der Waals surface area contributed by atoms with E-state index in [0.717, 1.165) is 49.1 Å². The lowest BCUT2D eigenvalue weighted by Gasteiger charge is -2.36. The summed E-state index contributed by atoms with van der Waals surface area (Å²) >= 11 is 0. The molecule has 6 nitrogen and oxygen atoms in total. The minimum Gasteiger partial charge on any atom is -0.353 e. The number of pyridine rings is 1. The van der Waals surface area contributed by atoms with Crippen molar-refractivity contribution in [2.45, 2.75) is 19.9 Å². The number of nitrogens with zero attached hydrogens (tertiary/aromatic N) is 5. The van der Waals surface area contributed by atoms with Gasteiger partial charge in [0.05, 0.1) is 5.69 Å². The van der Waals surface area contributed by atoms with E-state index in [1.54, 1.807) is 0 Å². The Balaban J connectivity index is 1.57. The highest BCUT2D eigenvalue weighted by Crippen LogP contribution is 2.25. The average molecular weight is 374 g/mol. The summed E-state index contributed by atoms with van der Waals surface area (Å²) in [6.45, 7) is 7.86. The molecule has 3 heterocycles. The van der Waals surface area contributed by atoms with Gasteiger partial charge in [-0.1, -0.05) is 36.4 Å². The molecule has 1 aromatic carbocycles. The summed E-state index contributed by atoms with van der Waals surface area (Å²) in [7, 11) is 0. The molecule has 1 fully saturated rings. The maximum Gasteiger partial charge on any atom is 0.225 e. The number of benzene rings is 1. The maximum atomic E-state index is 4.79. The van der Waals surface area contributed by atoms with Gasteiger partial charge >= 0.3 is 0 Å². The third-order valence-electron chi connectivity index (χ3n) is 4.78. The zero-order valence-corrected chi connectivity index (χ0v) is 16.4. The van der Waals surface area contributed by atoms with E-state index in [9.17, 15) is 0 Å². The third kappa shape index (κ3) is 4.22. The van der Waals surface area contributed by atoms with Crippen LogP contribution in [0.15, 0.2) is 60.8 Å². The van der Waals surface area contributed by atoms with E-state index in [2.05, 4.69) is 58.2 Å². The molecule has 0 atom stereocenters. The molecule has 0 aliphatic carbocycles. The second-order valence-corrected chi connectivity index (χ2v) is 7.26. The molecule has 144 valence electrons. The first kappa shape index (κ1) is 18.2. The Morgan fingerprint density at radius 2 is 1.50 bits per heavy atom. The predicted molar refractivity (Wildman–Crippen MR) is 115 cm³/mol. The fourth-order valence-electron chi connectivity index (χ4n) is 3.38. The molecule has 1 N–H and O–H groups in total. The SMILES string of the molecule is CC(C)Nc1nc(-c2ccccc2)cc(N2CCN(c3ccccn3)CC2)n1. The van der Waals surface area contributed by atoms with E-state index in [0.29, 0.717) is 5.95 Å².